The summed E-state index contributed by atoms with van der Waals surface area (Å²) in [5.41, 5.74) is 4.73. The SMILES string of the molecule is Cc1nc2ccccc2nc1-c1cc2nc(Cl)cc(N(C)C3CCOCC3)n2n1. The summed E-state index contributed by atoms with van der Waals surface area (Å²) in [6, 6.07) is 12.0. The molecule has 0 spiro atoms. The van der Waals surface area contributed by atoms with Crippen molar-refractivity contribution < 1.29 is 4.74 Å². The van der Waals surface area contributed by atoms with Crippen LogP contribution in [0.1, 0.15) is 18.5 Å². The minimum atomic E-state index is 0.375. The number of aryl methyl sites for hydroxylation is 1. The molecule has 0 bridgehead atoms. The summed E-state index contributed by atoms with van der Waals surface area (Å²) in [6.07, 6.45) is 1.95. The van der Waals surface area contributed by atoms with Crippen molar-refractivity contribution in [2.75, 3.05) is 25.2 Å². The van der Waals surface area contributed by atoms with Crippen LogP contribution in [0.2, 0.25) is 5.15 Å². The van der Waals surface area contributed by atoms with E-state index in [1.807, 2.05) is 47.8 Å². The molecule has 0 unspecified atom stereocenters. The molecule has 1 aliphatic rings. The second-order valence-electron chi connectivity index (χ2n) is 7.34. The first-order valence-corrected chi connectivity index (χ1v) is 10.1. The normalized spacial score (nSPS) is 15.3. The third kappa shape index (κ3) is 3.30. The number of para-hydroxylation sites is 2. The van der Waals surface area contributed by atoms with E-state index in [0.29, 0.717) is 16.8 Å². The molecule has 1 fully saturated rings. The van der Waals surface area contributed by atoms with Crippen molar-refractivity contribution in [3.8, 4) is 11.4 Å². The van der Waals surface area contributed by atoms with E-state index in [2.05, 4.69) is 21.9 Å². The minimum Gasteiger partial charge on any atom is -0.381 e. The Morgan fingerprint density at radius 1 is 1.07 bits per heavy atom. The molecule has 3 aromatic heterocycles. The van der Waals surface area contributed by atoms with Crippen molar-refractivity contribution in [2.45, 2.75) is 25.8 Å². The number of anilines is 1. The number of fused-ring (bicyclic) bond motifs is 2. The van der Waals surface area contributed by atoms with Gasteiger partial charge in [0.1, 0.15) is 22.4 Å². The molecular weight excluding hydrogens is 388 g/mol. The Hall–Kier alpha value is -2.77. The molecule has 0 aliphatic carbocycles. The van der Waals surface area contributed by atoms with Gasteiger partial charge in [-0.15, -0.1) is 0 Å². The Kier molecular flexibility index (Phi) is 4.56. The van der Waals surface area contributed by atoms with Gasteiger partial charge in [-0.1, -0.05) is 23.7 Å². The standard InChI is InChI=1S/C21H21ClN6O/c1-13-21(24-16-6-4-3-5-15(16)23-13)17-11-19-25-18(22)12-20(28(19)26-17)27(2)14-7-9-29-10-8-14/h3-6,11-12,14H,7-10H2,1-2H3. The van der Waals surface area contributed by atoms with E-state index in [9.17, 15) is 0 Å². The fourth-order valence-corrected chi connectivity index (χ4v) is 4.07. The maximum atomic E-state index is 6.34. The van der Waals surface area contributed by atoms with Gasteiger partial charge in [0.2, 0.25) is 0 Å². The molecule has 1 saturated heterocycles. The fraction of sp³-hybridized carbons (Fsp3) is 0.333. The van der Waals surface area contributed by atoms with Crippen molar-refractivity contribution in [1.29, 1.82) is 0 Å². The molecule has 1 aliphatic heterocycles. The van der Waals surface area contributed by atoms with Crippen LogP contribution in [0.4, 0.5) is 5.82 Å². The summed E-state index contributed by atoms with van der Waals surface area (Å²) in [5.74, 6) is 0.907. The van der Waals surface area contributed by atoms with Gasteiger partial charge in [0.05, 0.1) is 16.7 Å². The first-order chi connectivity index (χ1) is 14.1. The van der Waals surface area contributed by atoms with E-state index >= 15 is 0 Å². The van der Waals surface area contributed by atoms with Gasteiger partial charge in [-0.3, -0.25) is 0 Å². The third-order valence-electron chi connectivity index (χ3n) is 5.46. The Balaban J connectivity index is 1.63. The van der Waals surface area contributed by atoms with Crippen LogP contribution in [0.3, 0.4) is 0 Å². The molecule has 4 aromatic rings. The lowest BCUT2D eigenvalue weighted by atomic mass is 10.1. The molecule has 7 nitrogen and oxygen atoms in total. The average molecular weight is 409 g/mol. The summed E-state index contributed by atoms with van der Waals surface area (Å²) in [6.45, 7) is 3.49. The van der Waals surface area contributed by atoms with Gasteiger partial charge >= 0.3 is 0 Å². The molecule has 0 amide bonds. The van der Waals surface area contributed by atoms with E-state index in [-0.39, 0.29) is 0 Å². The number of ether oxygens (including phenoxy) is 1. The molecule has 148 valence electrons. The zero-order chi connectivity index (χ0) is 20.0. The van der Waals surface area contributed by atoms with Crippen LogP contribution in [-0.4, -0.2) is 50.9 Å². The molecule has 4 heterocycles. The van der Waals surface area contributed by atoms with Crippen molar-refractivity contribution in [2.24, 2.45) is 0 Å². The monoisotopic (exact) mass is 408 g/mol. The van der Waals surface area contributed by atoms with Crippen LogP contribution in [0, 0.1) is 6.92 Å². The van der Waals surface area contributed by atoms with E-state index in [0.717, 1.165) is 60.0 Å². The van der Waals surface area contributed by atoms with Crippen LogP contribution in [0.15, 0.2) is 36.4 Å². The number of halogens is 1. The predicted molar refractivity (Wildman–Crippen MR) is 114 cm³/mol. The fourth-order valence-electron chi connectivity index (χ4n) is 3.89. The van der Waals surface area contributed by atoms with Gasteiger partial charge in [0, 0.05) is 38.4 Å². The highest BCUT2D eigenvalue weighted by molar-refractivity contribution is 6.29. The molecule has 0 atom stereocenters. The predicted octanol–water partition coefficient (Wildman–Crippen LogP) is 3.92. The molecule has 29 heavy (non-hydrogen) atoms. The van der Waals surface area contributed by atoms with Crippen LogP contribution < -0.4 is 4.90 Å². The molecule has 0 radical (unpaired) electrons. The molecule has 1 aromatic carbocycles. The number of nitrogens with zero attached hydrogens (tertiary/aromatic N) is 6. The summed E-state index contributed by atoms with van der Waals surface area (Å²) in [7, 11) is 2.07. The highest BCUT2D eigenvalue weighted by atomic mass is 35.5. The Bertz CT molecular complexity index is 1200. The van der Waals surface area contributed by atoms with Crippen LogP contribution in [-0.2, 0) is 4.74 Å². The van der Waals surface area contributed by atoms with E-state index < -0.39 is 0 Å². The number of benzene rings is 1. The van der Waals surface area contributed by atoms with Crippen molar-refractivity contribution >= 4 is 34.1 Å². The second kappa shape index (κ2) is 7.24. The Morgan fingerprint density at radius 3 is 2.55 bits per heavy atom. The van der Waals surface area contributed by atoms with Gasteiger partial charge in [-0.2, -0.15) is 9.61 Å². The average Bonchev–Trinajstić information content (AvgIpc) is 3.16. The lowest BCUT2D eigenvalue weighted by Crippen LogP contribution is -2.37. The summed E-state index contributed by atoms with van der Waals surface area (Å²) < 4.78 is 7.34. The van der Waals surface area contributed by atoms with Gasteiger partial charge in [-0.05, 0) is 31.9 Å². The second-order valence-corrected chi connectivity index (χ2v) is 7.72. The summed E-state index contributed by atoms with van der Waals surface area (Å²) >= 11 is 6.34. The lowest BCUT2D eigenvalue weighted by molar-refractivity contribution is 0.0853. The highest BCUT2D eigenvalue weighted by Gasteiger charge is 2.23. The van der Waals surface area contributed by atoms with E-state index in [1.54, 1.807) is 0 Å². The summed E-state index contributed by atoms with van der Waals surface area (Å²) in [5, 5.41) is 5.27. The van der Waals surface area contributed by atoms with E-state index in [4.69, 9.17) is 26.4 Å². The maximum absolute atomic E-state index is 6.34. The Morgan fingerprint density at radius 2 is 1.79 bits per heavy atom. The van der Waals surface area contributed by atoms with Gasteiger partial charge in [0.15, 0.2) is 5.65 Å². The zero-order valence-electron chi connectivity index (χ0n) is 16.3. The molecule has 0 N–H and O–H groups in total. The maximum Gasteiger partial charge on any atom is 0.159 e. The van der Waals surface area contributed by atoms with E-state index in [1.165, 1.54) is 0 Å². The summed E-state index contributed by atoms with van der Waals surface area (Å²) in [4.78, 5) is 16.2. The molecule has 8 heteroatoms. The Labute approximate surface area is 173 Å². The molecule has 0 saturated carbocycles. The molecular formula is C21H21ClN6O. The smallest absolute Gasteiger partial charge is 0.159 e. The minimum absolute atomic E-state index is 0.375. The quantitative estimate of drug-likeness (QED) is 0.478. The van der Waals surface area contributed by atoms with Crippen LogP contribution in [0.25, 0.3) is 28.1 Å². The van der Waals surface area contributed by atoms with Gasteiger partial charge in [-0.25, -0.2) is 15.0 Å². The van der Waals surface area contributed by atoms with Gasteiger partial charge in [0.25, 0.3) is 0 Å². The molecule has 5 rings (SSSR count). The van der Waals surface area contributed by atoms with Crippen molar-refractivity contribution in [1.82, 2.24) is 24.6 Å². The number of hydrogen-bond donors (Lipinski definition) is 0. The highest BCUT2D eigenvalue weighted by Crippen LogP contribution is 2.28. The number of hydrogen-bond acceptors (Lipinski definition) is 6. The van der Waals surface area contributed by atoms with Gasteiger partial charge < -0.3 is 9.64 Å². The third-order valence-corrected chi connectivity index (χ3v) is 5.66. The van der Waals surface area contributed by atoms with Crippen molar-refractivity contribution in [3.63, 3.8) is 0 Å². The lowest BCUT2D eigenvalue weighted by Gasteiger charge is -2.32. The van der Waals surface area contributed by atoms with Crippen LogP contribution in [0.5, 0.6) is 0 Å². The zero-order valence-corrected chi connectivity index (χ0v) is 17.1. The topological polar surface area (TPSA) is 68.4 Å². The first-order valence-electron chi connectivity index (χ1n) is 9.71. The first kappa shape index (κ1) is 18.3. The van der Waals surface area contributed by atoms with Crippen molar-refractivity contribution in [3.05, 3.63) is 47.2 Å². The van der Waals surface area contributed by atoms with Crippen LogP contribution >= 0.6 is 11.6 Å². The largest absolute Gasteiger partial charge is 0.381 e. The number of rotatable bonds is 3. The number of aromatic nitrogens is 5.